The highest BCUT2D eigenvalue weighted by Gasteiger charge is 2.30. The number of aliphatic hydroxyl groups excluding tert-OH is 1. The van der Waals surface area contributed by atoms with E-state index in [1.54, 1.807) is 56.3 Å². The summed E-state index contributed by atoms with van der Waals surface area (Å²) in [7, 11) is 0. The second-order valence-electron chi connectivity index (χ2n) is 6.70. The summed E-state index contributed by atoms with van der Waals surface area (Å²) in [6.45, 7) is 4.35. The van der Waals surface area contributed by atoms with Gasteiger partial charge in [0.05, 0.1) is 6.10 Å². The van der Waals surface area contributed by atoms with Crippen LogP contribution in [0.25, 0.3) is 0 Å². The van der Waals surface area contributed by atoms with Gasteiger partial charge in [-0.15, -0.1) is 0 Å². The first-order chi connectivity index (χ1) is 12.8. The topological polar surface area (TPSA) is 77.0 Å². The van der Waals surface area contributed by atoms with Crippen LogP contribution in [0.15, 0.2) is 42.5 Å². The van der Waals surface area contributed by atoms with Gasteiger partial charge in [-0.05, 0) is 55.8 Å². The quantitative estimate of drug-likeness (QED) is 0.791. The van der Waals surface area contributed by atoms with Crippen molar-refractivity contribution >= 4 is 17.5 Å². The maximum absolute atomic E-state index is 12.5. The third-order valence-electron chi connectivity index (χ3n) is 4.14. The number of ether oxygens (including phenoxy) is 3. The number of rotatable bonds is 6. The van der Waals surface area contributed by atoms with Crippen LogP contribution in [-0.4, -0.2) is 36.4 Å². The van der Waals surface area contributed by atoms with Gasteiger partial charge in [0.25, 0.3) is 5.91 Å². The first kappa shape index (κ1) is 19.3. The van der Waals surface area contributed by atoms with Crippen molar-refractivity contribution in [3.63, 3.8) is 0 Å². The van der Waals surface area contributed by atoms with E-state index >= 15 is 0 Å². The molecule has 2 N–H and O–H groups in total. The lowest BCUT2D eigenvalue weighted by Crippen LogP contribution is -2.47. The van der Waals surface area contributed by atoms with Crippen molar-refractivity contribution in [2.24, 2.45) is 0 Å². The predicted octanol–water partition coefficient (Wildman–Crippen LogP) is 3.12. The summed E-state index contributed by atoms with van der Waals surface area (Å²) < 4.78 is 16.7. The van der Waals surface area contributed by atoms with Crippen molar-refractivity contribution in [2.45, 2.75) is 25.6 Å². The minimum atomic E-state index is -1.11. The fourth-order valence-corrected chi connectivity index (χ4v) is 2.76. The van der Waals surface area contributed by atoms with Crippen LogP contribution in [0.5, 0.6) is 17.2 Å². The zero-order valence-corrected chi connectivity index (χ0v) is 16.0. The number of nitrogens with one attached hydrogen (secondary N) is 1. The van der Waals surface area contributed by atoms with Crippen LogP contribution in [-0.2, 0) is 4.79 Å². The second kappa shape index (κ2) is 8.06. The largest absolute Gasteiger partial charge is 0.486 e. The summed E-state index contributed by atoms with van der Waals surface area (Å²) in [5.41, 5.74) is -0.476. The zero-order chi connectivity index (χ0) is 19.4. The Morgan fingerprint density at radius 1 is 1.19 bits per heavy atom. The van der Waals surface area contributed by atoms with E-state index in [0.717, 1.165) is 0 Å². The molecule has 144 valence electrons. The maximum atomic E-state index is 12.5. The normalized spacial score (nSPS) is 14.4. The fraction of sp³-hybridized carbons (Fsp3) is 0.350. The van der Waals surface area contributed by atoms with E-state index in [1.165, 1.54) is 0 Å². The van der Waals surface area contributed by atoms with Crippen LogP contribution in [0, 0.1) is 0 Å². The van der Waals surface area contributed by atoms with Crippen LogP contribution >= 0.6 is 11.6 Å². The Morgan fingerprint density at radius 2 is 1.85 bits per heavy atom. The number of fused-ring (bicyclic) bond motifs is 1. The Morgan fingerprint density at radius 3 is 2.56 bits per heavy atom. The van der Waals surface area contributed by atoms with Crippen molar-refractivity contribution in [2.75, 3.05) is 19.8 Å². The van der Waals surface area contributed by atoms with Gasteiger partial charge in [-0.2, -0.15) is 0 Å². The Balaban J connectivity index is 1.58. The van der Waals surface area contributed by atoms with Crippen LogP contribution in [0.2, 0.25) is 5.02 Å². The van der Waals surface area contributed by atoms with Crippen molar-refractivity contribution in [1.82, 2.24) is 5.32 Å². The second-order valence-corrected chi connectivity index (χ2v) is 7.13. The van der Waals surface area contributed by atoms with Gasteiger partial charge < -0.3 is 24.6 Å². The first-order valence-corrected chi connectivity index (χ1v) is 9.03. The molecular weight excluding hydrogens is 370 g/mol. The average molecular weight is 392 g/mol. The number of carbonyl (C=O) groups is 1. The van der Waals surface area contributed by atoms with Gasteiger partial charge in [0.2, 0.25) is 0 Å². The van der Waals surface area contributed by atoms with Gasteiger partial charge in [0.15, 0.2) is 17.1 Å². The van der Waals surface area contributed by atoms with Gasteiger partial charge in [-0.1, -0.05) is 17.7 Å². The number of halogens is 1. The van der Waals surface area contributed by atoms with E-state index < -0.39 is 11.7 Å². The lowest BCUT2D eigenvalue weighted by molar-refractivity contribution is -0.134. The minimum absolute atomic E-state index is 0.0475. The monoisotopic (exact) mass is 391 g/mol. The van der Waals surface area contributed by atoms with Gasteiger partial charge in [-0.25, -0.2) is 0 Å². The zero-order valence-electron chi connectivity index (χ0n) is 15.2. The van der Waals surface area contributed by atoms with E-state index in [9.17, 15) is 9.90 Å². The maximum Gasteiger partial charge on any atom is 0.263 e. The SMILES string of the molecule is CC(C)(Oc1ccc(Cl)cc1)C(=O)NCC(O)c1ccc2c(c1)OCCO2. The molecule has 2 aromatic carbocycles. The molecule has 0 spiro atoms. The molecular formula is C20H22ClNO5. The van der Waals surface area contributed by atoms with Gasteiger partial charge in [-0.3, -0.25) is 4.79 Å². The van der Waals surface area contributed by atoms with Crippen LogP contribution in [0.4, 0.5) is 0 Å². The molecule has 1 atom stereocenters. The standard InChI is InChI=1S/C20H22ClNO5/c1-20(2,27-15-6-4-14(21)5-7-15)19(24)22-12-16(23)13-3-8-17-18(11-13)26-10-9-25-17/h3-8,11,16,23H,9-10,12H2,1-2H3,(H,22,24). The molecule has 0 aliphatic carbocycles. The summed E-state index contributed by atoms with van der Waals surface area (Å²) in [4.78, 5) is 12.5. The minimum Gasteiger partial charge on any atom is -0.486 e. The fourth-order valence-electron chi connectivity index (χ4n) is 2.63. The number of benzene rings is 2. The number of aliphatic hydroxyl groups is 1. The summed E-state index contributed by atoms with van der Waals surface area (Å²) in [6.07, 6.45) is -0.879. The van der Waals surface area contributed by atoms with E-state index in [1.807, 2.05) is 0 Å². The van der Waals surface area contributed by atoms with Crippen LogP contribution in [0.3, 0.4) is 0 Å². The van der Waals surface area contributed by atoms with Crippen LogP contribution < -0.4 is 19.5 Å². The molecule has 0 aromatic heterocycles. The molecule has 1 aliphatic rings. The van der Waals surface area contributed by atoms with Gasteiger partial charge in [0, 0.05) is 11.6 Å². The molecule has 6 nitrogen and oxygen atoms in total. The molecule has 2 aromatic rings. The van der Waals surface area contributed by atoms with Crippen molar-refractivity contribution < 1.29 is 24.1 Å². The van der Waals surface area contributed by atoms with Crippen molar-refractivity contribution in [3.8, 4) is 17.2 Å². The highest BCUT2D eigenvalue weighted by atomic mass is 35.5. The third-order valence-corrected chi connectivity index (χ3v) is 4.39. The molecule has 0 saturated carbocycles. The average Bonchev–Trinajstić information content (AvgIpc) is 2.67. The molecule has 7 heteroatoms. The number of hydrogen-bond acceptors (Lipinski definition) is 5. The Kier molecular flexibility index (Phi) is 5.77. The number of hydrogen-bond donors (Lipinski definition) is 2. The highest BCUT2D eigenvalue weighted by Crippen LogP contribution is 2.32. The lowest BCUT2D eigenvalue weighted by atomic mass is 10.1. The van der Waals surface area contributed by atoms with Crippen molar-refractivity contribution in [3.05, 3.63) is 53.1 Å². The Hall–Kier alpha value is -2.44. The van der Waals surface area contributed by atoms with E-state index in [4.69, 9.17) is 25.8 Å². The highest BCUT2D eigenvalue weighted by molar-refractivity contribution is 6.30. The summed E-state index contributed by atoms with van der Waals surface area (Å²) in [5.74, 6) is 1.44. The molecule has 27 heavy (non-hydrogen) atoms. The Labute approximate surface area is 163 Å². The van der Waals surface area contributed by atoms with Gasteiger partial charge in [0.1, 0.15) is 19.0 Å². The van der Waals surface area contributed by atoms with Crippen LogP contribution in [0.1, 0.15) is 25.5 Å². The Bertz CT molecular complexity index is 807. The van der Waals surface area contributed by atoms with Gasteiger partial charge >= 0.3 is 0 Å². The van der Waals surface area contributed by atoms with E-state index in [-0.39, 0.29) is 12.5 Å². The molecule has 0 bridgehead atoms. The number of carbonyl (C=O) groups excluding carboxylic acids is 1. The number of amides is 1. The molecule has 1 amide bonds. The molecule has 1 unspecified atom stereocenters. The van der Waals surface area contributed by atoms with E-state index in [2.05, 4.69) is 5.32 Å². The predicted molar refractivity (Wildman–Crippen MR) is 102 cm³/mol. The summed E-state index contributed by atoms with van der Waals surface area (Å²) in [5, 5.41) is 13.7. The summed E-state index contributed by atoms with van der Waals surface area (Å²) >= 11 is 5.85. The first-order valence-electron chi connectivity index (χ1n) is 8.66. The molecule has 1 heterocycles. The molecule has 0 radical (unpaired) electrons. The third kappa shape index (κ3) is 4.84. The lowest BCUT2D eigenvalue weighted by Gasteiger charge is -2.26. The van der Waals surface area contributed by atoms with Crippen molar-refractivity contribution in [1.29, 1.82) is 0 Å². The summed E-state index contributed by atoms with van der Waals surface area (Å²) in [6, 6.07) is 12.0. The molecule has 0 fully saturated rings. The molecule has 1 aliphatic heterocycles. The molecule has 3 rings (SSSR count). The smallest absolute Gasteiger partial charge is 0.263 e. The molecule has 0 saturated heterocycles. The van der Waals surface area contributed by atoms with E-state index in [0.29, 0.717) is 41.0 Å².